The van der Waals surface area contributed by atoms with E-state index in [-0.39, 0.29) is 25.7 Å². The van der Waals surface area contributed by atoms with E-state index in [2.05, 4.69) is 58.9 Å². The van der Waals surface area contributed by atoms with Gasteiger partial charge in [0.25, 0.3) is 0 Å². The molecule has 0 saturated heterocycles. The summed E-state index contributed by atoms with van der Waals surface area (Å²) < 4.78 is 68.5. The summed E-state index contributed by atoms with van der Waals surface area (Å²) >= 11 is 0. The molecular formula is C80H152O17P2. The van der Waals surface area contributed by atoms with E-state index in [1.54, 1.807) is 0 Å². The van der Waals surface area contributed by atoms with Crippen molar-refractivity contribution >= 4 is 39.5 Å². The van der Waals surface area contributed by atoms with Crippen molar-refractivity contribution in [2.75, 3.05) is 39.6 Å². The zero-order chi connectivity index (χ0) is 72.7. The van der Waals surface area contributed by atoms with Crippen LogP contribution in [0.1, 0.15) is 401 Å². The molecule has 5 atom stereocenters. The van der Waals surface area contributed by atoms with Gasteiger partial charge in [-0.2, -0.15) is 0 Å². The van der Waals surface area contributed by atoms with Crippen LogP contribution in [-0.2, 0) is 65.4 Å². The van der Waals surface area contributed by atoms with Crippen molar-refractivity contribution in [3.63, 3.8) is 0 Å². The number of carbonyl (C=O) groups excluding carboxylic acids is 4. The van der Waals surface area contributed by atoms with Crippen LogP contribution < -0.4 is 0 Å². The standard InChI is InChI=1S/C80H152O17P2/c1-6-9-12-15-18-20-22-24-26-27-28-29-30-31-33-37-42-46-51-56-61-66-80(85)97-76(70-91-78(83)64-59-54-49-44-40-38-34-35-39-43-48-52-57-62-73(4)5)72-95-99(88,89)93-68-74(81)67-92-98(86,87)94-71-75(69-90-77(82)63-58-53-47-17-14-11-8-3)96-79(84)65-60-55-50-45-41-36-32-25-23-21-19-16-13-10-7-2/h21,23,25,32,73-76,81H,6-20,22,24,26-31,33-72H2,1-5H3,(H,86,87)(H,88,89)/b23-21-,32-25-/t74-,75+,76+/m0/s1. The molecule has 19 heteroatoms. The number of carbonyl (C=O) groups is 4. The van der Waals surface area contributed by atoms with Crippen LogP contribution in [0.5, 0.6) is 0 Å². The number of hydrogen-bond donors (Lipinski definition) is 3. The predicted octanol–water partition coefficient (Wildman–Crippen LogP) is 23.6. The lowest BCUT2D eigenvalue weighted by atomic mass is 10.0. The molecule has 0 saturated carbocycles. The molecule has 0 amide bonds. The van der Waals surface area contributed by atoms with Crippen LogP contribution in [0.15, 0.2) is 24.3 Å². The summed E-state index contributed by atoms with van der Waals surface area (Å²) in [6, 6.07) is 0. The highest BCUT2D eigenvalue weighted by atomic mass is 31.2. The van der Waals surface area contributed by atoms with E-state index in [1.807, 2.05) is 0 Å². The van der Waals surface area contributed by atoms with Gasteiger partial charge in [-0.25, -0.2) is 9.13 Å². The number of aliphatic hydroxyl groups is 1. The Hall–Kier alpha value is -2.46. The van der Waals surface area contributed by atoms with E-state index < -0.39 is 97.5 Å². The van der Waals surface area contributed by atoms with E-state index in [0.717, 1.165) is 121 Å². The number of esters is 4. The lowest BCUT2D eigenvalue weighted by Crippen LogP contribution is -2.30. The van der Waals surface area contributed by atoms with Crippen LogP contribution in [0, 0.1) is 5.92 Å². The maximum absolute atomic E-state index is 13.1. The molecule has 3 N–H and O–H groups in total. The fourth-order valence-corrected chi connectivity index (χ4v) is 13.4. The minimum Gasteiger partial charge on any atom is -0.462 e. The Labute approximate surface area is 605 Å². The van der Waals surface area contributed by atoms with E-state index in [0.29, 0.717) is 25.7 Å². The topological polar surface area (TPSA) is 237 Å². The summed E-state index contributed by atoms with van der Waals surface area (Å²) in [5, 5.41) is 10.6. The molecule has 0 spiro atoms. The Morgan fingerprint density at radius 3 is 0.828 bits per heavy atom. The molecular weight excluding hydrogens is 1290 g/mol. The summed E-state index contributed by atoms with van der Waals surface area (Å²) in [6.07, 6.45) is 66.3. The molecule has 0 aliphatic heterocycles. The minimum atomic E-state index is -4.96. The molecule has 0 heterocycles. The second kappa shape index (κ2) is 72.5. The molecule has 584 valence electrons. The molecule has 0 bridgehead atoms. The van der Waals surface area contributed by atoms with E-state index >= 15 is 0 Å². The van der Waals surface area contributed by atoms with Crippen LogP contribution in [0.3, 0.4) is 0 Å². The number of allylic oxidation sites excluding steroid dienone is 4. The maximum Gasteiger partial charge on any atom is 0.472 e. The molecule has 17 nitrogen and oxygen atoms in total. The molecule has 0 fully saturated rings. The third-order valence-corrected chi connectivity index (χ3v) is 20.1. The molecule has 0 aromatic heterocycles. The first-order valence-corrected chi connectivity index (χ1v) is 43.9. The lowest BCUT2D eigenvalue weighted by Gasteiger charge is -2.21. The van der Waals surface area contributed by atoms with Crippen molar-refractivity contribution in [1.82, 2.24) is 0 Å². The van der Waals surface area contributed by atoms with Gasteiger partial charge in [0.1, 0.15) is 19.3 Å². The third-order valence-electron chi connectivity index (χ3n) is 18.2. The highest BCUT2D eigenvalue weighted by molar-refractivity contribution is 7.47. The Balaban J connectivity index is 5.20. The molecule has 0 rings (SSSR count). The number of unbranched alkanes of at least 4 members (excludes halogenated alkanes) is 47. The Kier molecular flexibility index (Phi) is 70.7. The molecule has 0 aromatic rings. The van der Waals surface area contributed by atoms with Gasteiger partial charge in [0.2, 0.25) is 0 Å². The molecule has 99 heavy (non-hydrogen) atoms. The Morgan fingerprint density at radius 1 is 0.313 bits per heavy atom. The molecule has 0 radical (unpaired) electrons. The number of ether oxygens (including phenoxy) is 4. The smallest absolute Gasteiger partial charge is 0.462 e. The molecule has 0 aliphatic carbocycles. The number of rotatable bonds is 78. The predicted molar refractivity (Wildman–Crippen MR) is 404 cm³/mol. The van der Waals surface area contributed by atoms with Crippen molar-refractivity contribution in [1.29, 1.82) is 0 Å². The third kappa shape index (κ3) is 73.6. The number of phosphoric ester groups is 2. The fourth-order valence-electron chi connectivity index (χ4n) is 11.9. The van der Waals surface area contributed by atoms with Crippen LogP contribution in [0.4, 0.5) is 0 Å². The van der Waals surface area contributed by atoms with Crippen molar-refractivity contribution < 1.29 is 80.2 Å². The summed E-state index contributed by atoms with van der Waals surface area (Å²) in [6.45, 7) is 7.23. The van der Waals surface area contributed by atoms with Gasteiger partial charge in [-0.1, -0.05) is 348 Å². The SMILES string of the molecule is CCCCCC/C=C\C=C/CCCCCCCC(=O)O[C@H](COC(=O)CCCCCCCCC)COP(=O)(O)OC[C@H](O)COP(=O)(O)OC[C@@H](COC(=O)CCCCCCCCCCCCCCCC(C)C)OC(=O)CCCCCCCCCCCCCCCCCCCCCCC. The Morgan fingerprint density at radius 2 is 0.545 bits per heavy atom. The van der Waals surface area contributed by atoms with Gasteiger partial charge in [0.05, 0.1) is 26.4 Å². The van der Waals surface area contributed by atoms with Crippen molar-refractivity contribution in [2.24, 2.45) is 5.92 Å². The number of phosphoric acid groups is 2. The van der Waals surface area contributed by atoms with Gasteiger partial charge in [-0.15, -0.1) is 0 Å². The van der Waals surface area contributed by atoms with E-state index in [1.165, 1.54) is 199 Å². The Bertz CT molecular complexity index is 1990. The molecule has 0 aromatic carbocycles. The van der Waals surface area contributed by atoms with E-state index in [4.69, 9.17) is 37.0 Å². The summed E-state index contributed by atoms with van der Waals surface area (Å²) in [7, 11) is -9.92. The van der Waals surface area contributed by atoms with Gasteiger partial charge < -0.3 is 33.8 Å². The second-order valence-corrected chi connectivity index (χ2v) is 31.5. The van der Waals surface area contributed by atoms with Crippen LogP contribution >= 0.6 is 15.6 Å². The summed E-state index contributed by atoms with van der Waals surface area (Å²) in [5.41, 5.74) is 0. The highest BCUT2D eigenvalue weighted by Gasteiger charge is 2.30. The first-order valence-electron chi connectivity index (χ1n) is 41.0. The normalized spacial score (nSPS) is 14.0. The van der Waals surface area contributed by atoms with Crippen LogP contribution in [0.25, 0.3) is 0 Å². The zero-order valence-electron chi connectivity index (χ0n) is 64.1. The van der Waals surface area contributed by atoms with Crippen LogP contribution in [-0.4, -0.2) is 96.7 Å². The summed E-state index contributed by atoms with van der Waals surface area (Å²) in [4.78, 5) is 72.8. The lowest BCUT2D eigenvalue weighted by molar-refractivity contribution is -0.161. The fraction of sp³-hybridized carbons (Fsp3) is 0.900. The van der Waals surface area contributed by atoms with Gasteiger partial charge >= 0.3 is 39.5 Å². The van der Waals surface area contributed by atoms with Gasteiger partial charge in [0, 0.05) is 25.7 Å². The molecule has 0 aliphatic rings. The van der Waals surface area contributed by atoms with Gasteiger partial charge in [0.15, 0.2) is 12.2 Å². The molecule has 2 unspecified atom stereocenters. The minimum absolute atomic E-state index is 0.0850. The maximum atomic E-state index is 13.1. The van der Waals surface area contributed by atoms with Gasteiger partial charge in [-0.05, 0) is 57.3 Å². The number of hydrogen-bond acceptors (Lipinski definition) is 15. The largest absolute Gasteiger partial charge is 0.472 e. The highest BCUT2D eigenvalue weighted by Crippen LogP contribution is 2.45. The van der Waals surface area contributed by atoms with Crippen molar-refractivity contribution in [3.8, 4) is 0 Å². The second-order valence-electron chi connectivity index (χ2n) is 28.6. The quantitative estimate of drug-likeness (QED) is 0.0169. The average molecular weight is 1450 g/mol. The van der Waals surface area contributed by atoms with Crippen molar-refractivity contribution in [3.05, 3.63) is 24.3 Å². The zero-order valence-corrected chi connectivity index (χ0v) is 65.9. The van der Waals surface area contributed by atoms with E-state index in [9.17, 15) is 43.2 Å². The van der Waals surface area contributed by atoms with Crippen LogP contribution in [0.2, 0.25) is 0 Å². The number of aliphatic hydroxyl groups excluding tert-OH is 1. The first-order chi connectivity index (χ1) is 48.0. The van der Waals surface area contributed by atoms with Crippen molar-refractivity contribution in [2.45, 2.75) is 419 Å². The van der Waals surface area contributed by atoms with Gasteiger partial charge in [-0.3, -0.25) is 37.3 Å². The summed E-state index contributed by atoms with van der Waals surface area (Å²) in [5.74, 6) is -1.36. The average Bonchev–Trinajstić information content (AvgIpc) is 1.08. The monoisotopic (exact) mass is 1450 g/mol. The first kappa shape index (κ1) is 96.5.